The second-order valence-corrected chi connectivity index (χ2v) is 5.27. The number of rotatable bonds is 8. The van der Waals surface area contributed by atoms with Crippen molar-refractivity contribution in [3.05, 3.63) is 11.7 Å². The first-order chi connectivity index (χ1) is 8.60. The van der Waals surface area contributed by atoms with Gasteiger partial charge in [0.25, 0.3) is 0 Å². The van der Waals surface area contributed by atoms with E-state index < -0.39 is 0 Å². The van der Waals surface area contributed by atoms with Gasteiger partial charge in [-0.15, -0.1) is 0 Å². The zero-order valence-corrected chi connectivity index (χ0v) is 12.4. The van der Waals surface area contributed by atoms with Crippen LogP contribution >= 0.6 is 0 Å². The van der Waals surface area contributed by atoms with Crippen LogP contribution in [0.5, 0.6) is 0 Å². The molecule has 104 valence electrons. The fourth-order valence-corrected chi connectivity index (χ4v) is 2.36. The van der Waals surface area contributed by atoms with Crippen LogP contribution in [0, 0.1) is 5.92 Å². The molecule has 0 fully saturated rings. The van der Waals surface area contributed by atoms with Crippen LogP contribution in [0.3, 0.4) is 0 Å². The van der Waals surface area contributed by atoms with Crippen LogP contribution in [0.25, 0.3) is 0 Å². The van der Waals surface area contributed by atoms with Gasteiger partial charge in [0.05, 0.1) is 5.92 Å². The van der Waals surface area contributed by atoms with Gasteiger partial charge in [-0.2, -0.15) is 4.98 Å². The van der Waals surface area contributed by atoms with Gasteiger partial charge in [-0.05, 0) is 25.8 Å². The standard InChI is InChI=1S/C14H27N3O/c1-6-8-9-12-16-14(18-17-12)13(10(3)4)11(5)15-7-2/h10-11,13,15H,6-9H2,1-5H3. The number of aromatic nitrogens is 2. The van der Waals surface area contributed by atoms with Gasteiger partial charge >= 0.3 is 0 Å². The second kappa shape index (κ2) is 7.52. The third kappa shape index (κ3) is 4.09. The van der Waals surface area contributed by atoms with Crippen molar-refractivity contribution < 1.29 is 4.52 Å². The maximum absolute atomic E-state index is 5.45. The number of likely N-dealkylation sites (N-methyl/N-ethyl adjacent to an activating group) is 1. The van der Waals surface area contributed by atoms with Gasteiger partial charge < -0.3 is 9.84 Å². The molecule has 2 atom stereocenters. The number of nitrogens with one attached hydrogen (secondary N) is 1. The molecule has 2 unspecified atom stereocenters. The van der Waals surface area contributed by atoms with E-state index >= 15 is 0 Å². The molecule has 0 amide bonds. The number of aryl methyl sites for hydroxylation is 1. The Hall–Kier alpha value is -0.900. The highest BCUT2D eigenvalue weighted by molar-refractivity contribution is 5.00. The summed E-state index contributed by atoms with van der Waals surface area (Å²) in [5.41, 5.74) is 0. The Morgan fingerprint density at radius 3 is 2.50 bits per heavy atom. The SMILES string of the molecule is CCCCc1noc(C(C(C)C)C(C)NCC)n1. The zero-order chi connectivity index (χ0) is 13.5. The van der Waals surface area contributed by atoms with Crippen molar-refractivity contribution in [1.82, 2.24) is 15.5 Å². The summed E-state index contributed by atoms with van der Waals surface area (Å²) in [6, 6.07) is 0.356. The summed E-state index contributed by atoms with van der Waals surface area (Å²) >= 11 is 0. The van der Waals surface area contributed by atoms with Crippen LogP contribution in [-0.4, -0.2) is 22.7 Å². The molecule has 4 heteroatoms. The molecule has 1 heterocycles. The van der Waals surface area contributed by atoms with Crippen LogP contribution in [0.1, 0.15) is 65.1 Å². The summed E-state index contributed by atoms with van der Waals surface area (Å²) in [4.78, 5) is 4.55. The third-order valence-corrected chi connectivity index (χ3v) is 3.31. The smallest absolute Gasteiger partial charge is 0.231 e. The van der Waals surface area contributed by atoms with E-state index in [0.717, 1.165) is 37.5 Å². The summed E-state index contributed by atoms with van der Waals surface area (Å²) in [7, 11) is 0. The van der Waals surface area contributed by atoms with Gasteiger partial charge in [-0.25, -0.2) is 0 Å². The lowest BCUT2D eigenvalue weighted by Gasteiger charge is -2.24. The Balaban J connectivity index is 2.76. The van der Waals surface area contributed by atoms with Gasteiger partial charge in [0.2, 0.25) is 5.89 Å². The highest BCUT2D eigenvalue weighted by atomic mass is 16.5. The lowest BCUT2D eigenvalue weighted by molar-refractivity contribution is 0.280. The first-order valence-corrected chi connectivity index (χ1v) is 7.15. The quantitative estimate of drug-likeness (QED) is 0.773. The molecule has 1 aromatic heterocycles. The van der Waals surface area contributed by atoms with E-state index in [1.54, 1.807) is 0 Å². The van der Waals surface area contributed by atoms with Crippen molar-refractivity contribution in [2.75, 3.05) is 6.54 Å². The molecule has 1 rings (SSSR count). The molecular formula is C14H27N3O. The van der Waals surface area contributed by atoms with Gasteiger partial charge in [-0.3, -0.25) is 0 Å². The van der Waals surface area contributed by atoms with Crippen LogP contribution in [0.2, 0.25) is 0 Å². The van der Waals surface area contributed by atoms with E-state index in [4.69, 9.17) is 4.52 Å². The van der Waals surface area contributed by atoms with Gasteiger partial charge in [-0.1, -0.05) is 39.3 Å². The summed E-state index contributed by atoms with van der Waals surface area (Å²) in [6.45, 7) is 11.8. The summed E-state index contributed by atoms with van der Waals surface area (Å²) in [6.07, 6.45) is 3.19. The van der Waals surface area contributed by atoms with Gasteiger partial charge in [0, 0.05) is 12.5 Å². The van der Waals surface area contributed by atoms with Crippen molar-refractivity contribution >= 4 is 0 Å². The van der Waals surface area contributed by atoms with Crippen molar-refractivity contribution in [3.63, 3.8) is 0 Å². The molecule has 1 N–H and O–H groups in total. The topological polar surface area (TPSA) is 51.0 Å². The van der Waals surface area contributed by atoms with Crippen LogP contribution in [-0.2, 0) is 6.42 Å². The largest absolute Gasteiger partial charge is 0.339 e. The maximum Gasteiger partial charge on any atom is 0.231 e. The highest BCUT2D eigenvalue weighted by Crippen LogP contribution is 2.26. The van der Waals surface area contributed by atoms with Crippen molar-refractivity contribution in [2.24, 2.45) is 5.92 Å². The Morgan fingerprint density at radius 1 is 1.22 bits per heavy atom. The van der Waals surface area contributed by atoms with Gasteiger partial charge in [0.15, 0.2) is 5.82 Å². The molecule has 0 bridgehead atoms. The molecule has 0 radical (unpaired) electrons. The molecule has 0 aliphatic heterocycles. The van der Waals surface area contributed by atoms with Crippen LogP contribution < -0.4 is 5.32 Å². The molecule has 0 saturated heterocycles. The van der Waals surface area contributed by atoms with Gasteiger partial charge in [0.1, 0.15) is 0 Å². The summed E-state index contributed by atoms with van der Waals surface area (Å²) in [5, 5.41) is 7.54. The minimum atomic E-state index is 0.285. The van der Waals surface area contributed by atoms with E-state index in [1.807, 2.05) is 0 Å². The molecule has 0 aromatic carbocycles. The normalized spacial score (nSPS) is 15.0. The Kier molecular flexibility index (Phi) is 6.33. The zero-order valence-electron chi connectivity index (χ0n) is 12.4. The number of hydrogen-bond donors (Lipinski definition) is 1. The van der Waals surface area contributed by atoms with E-state index in [2.05, 4.69) is 50.1 Å². The third-order valence-electron chi connectivity index (χ3n) is 3.31. The first-order valence-electron chi connectivity index (χ1n) is 7.15. The minimum Gasteiger partial charge on any atom is -0.339 e. The van der Waals surface area contributed by atoms with Crippen LogP contribution in [0.4, 0.5) is 0 Å². The van der Waals surface area contributed by atoms with E-state index in [1.165, 1.54) is 0 Å². The minimum absolute atomic E-state index is 0.285. The monoisotopic (exact) mass is 253 g/mol. The van der Waals surface area contributed by atoms with Crippen LogP contribution in [0.15, 0.2) is 4.52 Å². The summed E-state index contributed by atoms with van der Waals surface area (Å²) in [5.74, 6) is 2.40. The van der Waals surface area contributed by atoms with E-state index in [-0.39, 0.29) is 5.92 Å². The average Bonchev–Trinajstić information content (AvgIpc) is 2.75. The molecule has 4 nitrogen and oxygen atoms in total. The predicted octanol–water partition coefficient (Wildman–Crippen LogP) is 3.15. The molecule has 0 saturated carbocycles. The maximum atomic E-state index is 5.45. The molecule has 1 aromatic rings. The van der Waals surface area contributed by atoms with Crippen molar-refractivity contribution in [1.29, 1.82) is 0 Å². The van der Waals surface area contributed by atoms with E-state index in [0.29, 0.717) is 12.0 Å². The second-order valence-electron chi connectivity index (χ2n) is 5.27. The Labute approximate surface area is 111 Å². The lowest BCUT2D eigenvalue weighted by Crippen LogP contribution is -2.34. The summed E-state index contributed by atoms with van der Waals surface area (Å²) < 4.78 is 5.45. The lowest BCUT2D eigenvalue weighted by atomic mass is 9.89. The number of hydrogen-bond acceptors (Lipinski definition) is 4. The Bertz CT molecular complexity index is 336. The highest BCUT2D eigenvalue weighted by Gasteiger charge is 2.27. The van der Waals surface area contributed by atoms with E-state index in [9.17, 15) is 0 Å². The average molecular weight is 253 g/mol. The fourth-order valence-electron chi connectivity index (χ4n) is 2.36. The Morgan fingerprint density at radius 2 is 1.94 bits per heavy atom. The molecule has 0 aliphatic rings. The molecular weight excluding hydrogens is 226 g/mol. The van der Waals surface area contributed by atoms with Crippen molar-refractivity contribution in [3.8, 4) is 0 Å². The molecule has 0 spiro atoms. The fraction of sp³-hybridized carbons (Fsp3) is 0.857. The molecule has 0 aliphatic carbocycles. The molecule has 18 heavy (non-hydrogen) atoms. The number of nitrogens with zero attached hydrogens (tertiary/aromatic N) is 2. The predicted molar refractivity (Wildman–Crippen MR) is 73.6 cm³/mol. The number of unbranched alkanes of at least 4 members (excludes halogenated alkanes) is 1. The van der Waals surface area contributed by atoms with Crippen molar-refractivity contribution in [2.45, 2.75) is 65.8 Å². The first kappa shape index (κ1) is 15.2.